The standard InChI is InChI=1S/C15H20.C2H6/c1-6-10-12-15(9-4)13(5)14(8-3)11-7-2;1-2/h6-13H,1-3H2,4-5H3;1-2H3/b12-10-,14-11+,15-9+;. The summed E-state index contributed by atoms with van der Waals surface area (Å²) in [6.07, 6.45) is 13.5. The zero-order valence-corrected chi connectivity index (χ0v) is 11.7. The van der Waals surface area contributed by atoms with Gasteiger partial charge in [0.05, 0.1) is 0 Å². The van der Waals surface area contributed by atoms with Gasteiger partial charge in [-0.2, -0.15) is 0 Å². The van der Waals surface area contributed by atoms with E-state index in [0.717, 1.165) is 0 Å². The molecule has 0 heterocycles. The van der Waals surface area contributed by atoms with Crippen molar-refractivity contribution in [3.8, 4) is 0 Å². The van der Waals surface area contributed by atoms with Gasteiger partial charge in [0.2, 0.25) is 0 Å². The second kappa shape index (κ2) is 12.5. The highest BCUT2D eigenvalue weighted by Gasteiger charge is 2.07. The molecule has 0 amide bonds. The van der Waals surface area contributed by atoms with Crippen LogP contribution in [0.1, 0.15) is 27.7 Å². The van der Waals surface area contributed by atoms with E-state index in [2.05, 4.69) is 38.8 Å². The fraction of sp³-hybridized carbons (Fsp3) is 0.294. The zero-order valence-electron chi connectivity index (χ0n) is 11.7. The van der Waals surface area contributed by atoms with Gasteiger partial charge in [0, 0.05) is 5.92 Å². The van der Waals surface area contributed by atoms with Crippen LogP contribution in [0.25, 0.3) is 0 Å². The Labute approximate surface area is 107 Å². The average Bonchev–Trinajstić information content (AvgIpc) is 2.38. The molecule has 0 spiro atoms. The van der Waals surface area contributed by atoms with Crippen molar-refractivity contribution in [3.05, 3.63) is 73.4 Å². The summed E-state index contributed by atoms with van der Waals surface area (Å²) >= 11 is 0. The highest BCUT2D eigenvalue weighted by Crippen LogP contribution is 2.21. The van der Waals surface area contributed by atoms with Gasteiger partial charge in [0.25, 0.3) is 0 Å². The van der Waals surface area contributed by atoms with Gasteiger partial charge in [-0.1, -0.05) is 83.0 Å². The summed E-state index contributed by atoms with van der Waals surface area (Å²) in [5.74, 6) is 0.335. The van der Waals surface area contributed by atoms with Crippen LogP contribution in [0, 0.1) is 5.92 Å². The molecule has 0 aliphatic heterocycles. The van der Waals surface area contributed by atoms with E-state index in [9.17, 15) is 0 Å². The smallest absolute Gasteiger partial charge is 0.00575 e. The molecule has 0 saturated heterocycles. The SMILES string of the molecule is C=C/C=C\C(=C/C)C(C)/C(C=C)=C/C=C.CC. The molecule has 0 aromatic carbocycles. The maximum atomic E-state index is 3.81. The molecule has 0 heteroatoms. The van der Waals surface area contributed by atoms with E-state index < -0.39 is 0 Å². The molecule has 0 N–H and O–H groups in total. The molecule has 94 valence electrons. The Bertz CT molecular complexity index is 311. The number of rotatable bonds is 6. The molecular formula is C17H26. The third kappa shape index (κ3) is 7.35. The van der Waals surface area contributed by atoms with Crippen molar-refractivity contribution in [1.29, 1.82) is 0 Å². The molecule has 1 atom stereocenters. The van der Waals surface area contributed by atoms with Gasteiger partial charge in [0.15, 0.2) is 0 Å². The Kier molecular flexibility index (Phi) is 13.1. The predicted molar refractivity (Wildman–Crippen MR) is 82.1 cm³/mol. The van der Waals surface area contributed by atoms with Gasteiger partial charge >= 0.3 is 0 Å². The molecule has 0 radical (unpaired) electrons. The molecule has 0 bridgehead atoms. The third-order valence-corrected chi connectivity index (χ3v) is 2.30. The predicted octanol–water partition coefficient (Wildman–Crippen LogP) is 5.64. The lowest BCUT2D eigenvalue weighted by Crippen LogP contribution is -1.99. The van der Waals surface area contributed by atoms with Crippen molar-refractivity contribution in [1.82, 2.24) is 0 Å². The molecule has 0 saturated carbocycles. The molecule has 0 aliphatic carbocycles. The van der Waals surface area contributed by atoms with Crippen LogP contribution in [0.5, 0.6) is 0 Å². The number of hydrogen-bond donors (Lipinski definition) is 0. The Hall–Kier alpha value is -1.56. The molecule has 0 aliphatic rings. The lowest BCUT2D eigenvalue weighted by molar-refractivity contribution is 0.846. The molecule has 0 rings (SSSR count). The summed E-state index contributed by atoms with van der Waals surface area (Å²) in [5.41, 5.74) is 2.43. The van der Waals surface area contributed by atoms with E-state index in [1.807, 2.05) is 39.0 Å². The van der Waals surface area contributed by atoms with Crippen LogP contribution in [0.15, 0.2) is 73.4 Å². The van der Waals surface area contributed by atoms with Crippen LogP contribution in [-0.4, -0.2) is 0 Å². The quantitative estimate of drug-likeness (QED) is 0.518. The van der Waals surface area contributed by atoms with Crippen LogP contribution < -0.4 is 0 Å². The van der Waals surface area contributed by atoms with Gasteiger partial charge in [-0.3, -0.25) is 0 Å². The van der Waals surface area contributed by atoms with E-state index in [1.165, 1.54) is 11.1 Å². The van der Waals surface area contributed by atoms with Crippen molar-refractivity contribution >= 4 is 0 Å². The Morgan fingerprint density at radius 1 is 1.00 bits per heavy atom. The second-order valence-electron chi connectivity index (χ2n) is 3.21. The third-order valence-electron chi connectivity index (χ3n) is 2.30. The molecule has 0 fully saturated rings. The summed E-state index contributed by atoms with van der Waals surface area (Å²) in [6.45, 7) is 19.4. The second-order valence-corrected chi connectivity index (χ2v) is 3.21. The largest absolute Gasteiger partial charge is 0.0991 e. The fourth-order valence-corrected chi connectivity index (χ4v) is 1.39. The highest BCUT2D eigenvalue weighted by molar-refractivity contribution is 5.35. The summed E-state index contributed by atoms with van der Waals surface area (Å²) < 4.78 is 0. The van der Waals surface area contributed by atoms with Crippen LogP contribution in [0.3, 0.4) is 0 Å². The van der Waals surface area contributed by atoms with E-state index in [4.69, 9.17) is 0 Å². The fourth-order valence-electron chi connectivity index (χ4n) is 1.39. The molecule has 0 aromatic heterocycles. The van der Waals surface area contributed by atoms with Crippen molar-refractivity contribution in [2.24, 2.45) is 5.92 Å². The summed E-state index contributed by atoms with van der Waals surface area (Å²) in [6, 6.07) is 0. The van der Waals surface area contributed by atoms with E-state index in [-0.39, 0.29) is 0 Å². The maximum Gasteiger partial charge on any atom is 0.00575 e. The monoisotopic (exact) mass is 230 g/mol. The summed E-state index contributed by atoms with van der Waals surface area (Å²) in [5, 5.41) is 0. The maximum absolute atomic E-state index is 3.81. The van der Waals surface area contributed by atoms with Crippen molar-refractivity contribution < 1.29 is 0 Å². The van der Waals surface area contributed by atoms with Crippen LogP contribution in [-0.2, 0) is 0 Å². The average molecular weight is 230 g/mol. The summed E-state index contributed by atoms with van der Waals surface area (Å²) in [4.78, 5) is 0. The van der Waals surface area contributed by atoms with Crippen molar-refractivity contribution in [3.63, 3.8) is 0 Å². The molecule has 0 nitrogen and oxygen atoms in total. The zero-order chi connectivity index (χ0) is 13.7. The van der Waals surface area contributed by atoms with Gasteiger partial charge in [-0.15, -0.1) is 0 Å². The van der Waals surface area contributed by atoms with Gasteiger partial charge in [0.1, 0.15) is 0 Å². The molecule has 0 aromatic rings. The van der Waals surface area contributed by atoms with Crippen LogP contribution in [0.4, 0.5) is 0 Å². The minimum Gasteiger partial charge on any atom is -0.0991 e. The molecule has 17 heavy (non-hydrogen) atoms. The van der Waals surface area contributed by atoms with E-state index >= 15 is 0 Å². The topological polar surface area (TPSA) is 0 Å². The minimum atomic E-state index is 0.335. The van der Waals surface area contributed by atoms with E-state index in [1.54, 1.807) is 12.2 Å². The lowest BCUT2D eigenvalue weighted by Gasteiger charge is -2.13. The van der Waals surface area contributed by atoms with Gasteiger partial charge < -0.3 is 0 Å². The minimum absolute atomic E-state index is 0.335. The first kappa shape index (κ1) is 17.8. The number of hydrogen-bond acceptors (Lipinski definition) is 0. The first-order valence-corrected chi connectivity index (χ1v) is 6.11. The van der Waals surface area contributed by atoms with Crippen molar-refractivity contribution in [2.75, 3.05) is 0 Å². The first-order valence-electron chi connectivity index (χ1n) is 6.11. The van der Waals surface area contributed by atoms with E-state index in [0.29, 0.717) is 5.92 Å². The Morgan fingerprint density at radius 2 is 1.59 bits per heavy atom. The Morgan fingerprint density at radius 3 is 1.94 bits per heavy atom. The molecule has 1 unspecified atom stereocenters. The molecular weight excluding hydrogens is 204 g/mol. The number of allylic oxidation sites excluding steroid dienone is 9. The highest BCUT2D eigenvalue weighted by atomic mass is 14.1. The normalized spacial score (nSPS) is 13.6. The van der Waals surface area contributed by atoms with Crippen LogP contribution in [0.2, 0.25) is 0 Å². The summed E-state index contributed by atoms with van der Waals surface area (Å²) in [7, 11) is 0. The van der Waals surface area contributed by atoms with Crippen LogP contribution >= 0.6 is 0 Å². The first-order chi connectivity index (χ1) is 8.21. The Balaban J connectivity index is 0. The lowest BCUT2D eigenvalue weighted by atomic mass is 9.91. The van der Waals surface area contributed by atoms with Gasteiger partial charge in [-0.05, 0) is 18.1 Å². The van der Waals surface area contributed by atoms with Gasteiger partial charge in [-0.25, -0.2) is 0 Å². The van der Waals surface area contributed by atoms with Crippen molar-refractivity contribution in [2.45, 2.75) is 27.7 Å².